The largest absolute Gasteiger partial charge is 0.479 e. The van der Waals surface area contributed by atoms with Gasteiger partial charge in [-0.15, -0.1) is 5.10 Å². The fourth-order valence-electron chi connectivity index (χ4n) is 1.67. The molecule has 0 aliphatic heterocycles. The smallest absolute Gasteiger partial charge is 0.269 e. The number of hydrogen-bond acceptors (Lipinski definition) is 6. The Morgan fingerprint density at radius 3 is 2.76 bits per heavy atom. The van der Waals surface area contributed by atoms with Gasteiger partial charge in [0.25, 0.3) is 5.91 Å². The number of nitriles is 1. The van der Waals surface area contributed by atoms with E-state index in [2.05, 4.69) is 14.9 Å². The second-order valence-electron chi connectivity index (χ2n) is 4.57. The predicted octanol–water partition coefficient (Wildman–Crippen LogP) is 2.82. The van der Waals surface area contributed by atoms with E-state index in [1.165, 1.54) is 0 Å². The number of carbonyl (C=O) groups is 1. The van der Waals surface area contributed by atoms with Crippen molar-refractivity contribution in [3.63, 3.8) is 0 Å². The molecule has 7 heteroatoms. The lowest BCUT2D eigenvalue weighted by molar-refractivity contribution is 0.102. The third kappa shape index (κ3) is 3.77. The van der Waals surface area contributed by atoms with Gasteiger partial charge in [0.15, 0.2) is 6.61 Å². The van der Waals surface area contributed by atoms with Crippen molar-refractivity contribution in [1.29, 1.82) is 5.26 Å². The summed E-state index contributed by atoms with van der Waals surface area (Å²) in [7, 11) is 0. The van der Waals surface area contributed by atoms with E-state index >= 15 is 0 Å². The minimum atomic E-state index is -0.223. The van der Waals surface area contributed by atoms with Gasteiger partial charge in [0, 0.05) is 5.69 Å². The molecule has 0 atom stereocenters. The topological polar surface area (TPSA) is 87.9 Å². The van der Waals surface area contributed by atoms with Crippen molar-refractivity contribution in [3.8, 4) is 11.8 Å². The van der Waals surface area contributed by atoms with Crippen LogP contribution in [0.4, 0.5) is 5.69 Å². The average molecular weight is 302 g/mol. The Labute approximate surface area is 126 Å². The first-order valence-corrected chi connectivity index (χ1v) is 7.12. The van der Waals surface area contributed by atoms with Gasteiger partial charge in [0.1, 0.15) is 16.7 Å². The molecule has 0 aliphatic rings. The summed E-state index contributed by atoms with van der Waals surface area (Å²) in [5, 5.41) is 15.2. The third-order valence-corrected chi connectivity index (χ3v) is 3.42. The number of benzene rings is 1. The molecule has 1 aromatic heterocycles. The van der Waals surface area contributed by atoms with E-state index in [4.69, 9.17) is 10.00 Å². The Kier molecular flexibility index (Phi) is 4.85. The molecule has 1 N–H and O–H groups in total. The normalized spacial score (nSPS) is 10.2. The molecule has 6 nitrogen and oxygen atoms in total. The van der Waals surface area contributed by atoms with E-state index in [-0.39, 0.29) is 18.4 Å². The van der Waals surface area contributed by atoms with Crippen molar-refractivity contribution in [3.05, 3.63) is 34.8 Å². The standard InChI is InChI=1S/C14H14N4O2S/c1-9(2)12-13(21-18-17-12)14(19)16-10-3-5-11(6-4-10)20-8-7-15/h3-6,9H,8H2,1-2H3,(H,16,19). The van der Waals surface area contributed by atoms with Crippen LogP contribution < -0.4 is 10.1 Å². The molecular weight excluding hydrogens is 288 g/mol. The quantitative estimate of drug-likeness (QED) is 0.917. The van der Waals surface area contributed by atoms with Crippen LogP contribution >= 0.6 is 11.5 Å². The van der Waals surface area contributed by atoms with Gasteiger partial charge in [0.05, 0.1) is 5.69 Å². The molecule has 1 aromatic carbocycles. The first-order chi connectivity index (χ1) is 10.1. The second kappa shape index (κ2) is 6.81. The number of nitrogens with one attached hydrogen (secondary N) is 1. The van der Waals surface area contributed by atoms with Crippen molar-refractivity contribution in [2.24, 2.45) is 0 Å². The first-order valence-electron chi connectivity index (χ1n) is 6.35. The number of nitrogens with zero attached hydrogens (tertiary/aromatic N) is 3. The van der Waals surface area contributed by atoms with Gasteiger partial charge in [0.2, 0.25) is 0 Å². The maximum Gasteiger partial charge on any atom is 0.269 e. The van der Waals surface area contributed by atoms with E-state index in [0.717, 1.165) is 11.5 Å². The molecule has 21 heavy (non-hydrogen) atoms. The maximum atomic E-state index is 12.2. The van der Waals surface area contributed by atoms with Crippen LogP contribution in [0.5, 0.6) is 5.75 Å². The minimum Gasteiger partial charge on any atom is -0.479 e. The fraction of sp³-hybridized carbons (Fsp3) is 0.286. The summed E-state index contributed by atoms with van der Waals surface area (Å²) in [5.74, 6) is 0.502. The third-order valence-electron chi connectivity index (χ3n) is 2.68. The molecule has 108 valence electrons. The van der Waals surface area contributed by atoms with E-state index in [9.17, 15) is 4.79 Å². The number of rotatable bonds is 5. The highest BCUT2D eigenvalue weighted by Gasteiger charge is 2.18. The SMILES string of the molecule is CC(C)c1nnsc1C(=O)Nc1ccc(OCC#N)cc1. The Balaban J connectivity index is 2.06. The number of amides is 1. The molecule has 0 aliphatic carbocycles. The van der Waals surface area contributed by atoms with Gasteiger partial charge in [-0.3, -0.25) is 4.79 Å². The van der Waals surface area contributed by atoms with Gasteiger partial charge in [-0.25, -0.2) is 0 Å². The van der Waals surface area contributed by atoms with Gasteiger partial charge in [-0.05, 0) is 41.7 Å². The van der Waals surface area contributed by atoms with Crippen LogP contribution in [-0.2, 0) is 0 Å². The van der Waals surface area contributed by atoms with Crippen LogP contribution in [-0.4, -0.2) is 22.1 Å². The summed E-state index contributed by atoms with van der Waals surface area (Å²) in [6.45, 7) is 3.93. The van der Waals surface area contributed by atoms with Crippen LogP contribution in [0, 0.1) is 11.3 Å². The second-order valence-corrected chi connectivity index (χ2v) is 5.32. The van der Waals surface area contributed by atoms with E-state index in [0.29, 0.717) is 22.0 Å². The maximum absolute atomic E-state index is 12.2. The number of ether oxygens (including phenoxy) is 1. The summed E-state index contributed by atoms with van der Waals surface area (Å²) in [4.78, 5) is 12.7. The summed E-state index contributed by atoms with van der Waals surface area (Å²) >= 11 is 1.09. The van der Waals surface area contributed by atoms with Gasteiger partial charge < -0.3 is 10.1 Å². The summed E-state index contributed by atoms with van der Waals surface area (Å²) < 4.78 is 8.98. The van der Waals surface area contributed by atoms with Gasteiger partial charge in [-0.2, -0.15) is 5.26 Å². The minimum absolute atomic E-state index is 0.00398. The lowest BCUT2D eigenvalue weighted by Crippen LogP contribution is -2.13. The Hall–Kier alpha value is -2.46. The lowest BCUT2D eigenvalue weighted by atomic mass is 10.1. The monoisotopic (exact) mass is 302 g/mol. The summed E-state index contributed by atoms with van der Waals surface area (Å²) in [6.07, 6.45) is 0. The Bertz CT molecular complexity index is 658. The molecule has 0 fully saturated rings. The highest BCUT2D eigenvalue weighted by molar-refractivity contribution is 7.08. The molecule has 0 saturated heterocycles. The van der Waals surface area contributed by atoms with Crippen LogP contribution in [0.3, 0.4) is 0 Å². The van der Waals surface area contributed by atoms with Crippen LogP contribution in [0.1, 0.15) is 35.1 Å². The molecular formula is C14H14N4O2S. The fourth-order valence-corrected chi connectivity index (χ4v) is 2.39. The van der Waals surface area contributed by atoms with Crippen LogP contribution in [0.15, 0.2) is 24.3 Å². The molecule has 1 heterocycles. The predicted molar refractivity (Wildman–Crippen MR) is 79.5 cm³/mol. The number of carbonyl (C=O) groups excluding carboxylic acids is 1. The van der Waals surface area contributed by atoms with Crippen LogP contribution in [0.25, 0.3) is 0 Å². The molecule has 0 radical (unpaired) electrons. The van der Waals surface area contributed by atoms with E-state index < -0.39 is 0 Å². The van der Waals surface area contributed by atoms with Crippen molar-refractivity contribution >= 4 is 23.1 Å². The highest BCUT2D eigenvalue weighted by atomic mass is 32.1. The molecule has 0 unspecified atom stereocenters. The van der Waals surface area contributed by atoms with Crippen molar-refractivity contribution < 1.29 is 9.53 Å². The molecule has 2 rings (SSSR count). The molecule has 0 spiro atoms. The Morgan fingerprint density at radius 2 is 2.14 bits per heavy atom. The molecule has 0 saturated carbocycles. The summed E-state index contributed by atoms with van der Waals surface area (Å²) in [5.41, 5.74) is 1.35. The Morgan fingerprint density at radius 1 is 1.43 bits per heavy atom. The zero-order valence-electron chi connectivity index (χ0n) is 11.7. The number of aromatic nitrogens is 2. The van der Waals surface area contributed by atoms with Crippen molar-refractivity contribution in [2.75, 3.05) is 11.9 Å². The van der Waals surface area contributed by atoms with Crippen LogP contribution in [0.2, 0.25) is 0 Å². The average Bonchev–Trinajstić information content (AvgIpc) is 2.96. The molecule has 0 bridgehead atoms. The zero-order valence-corrected chi connectivity index (χ0v) is 12.5. The van der Waals surface area contributed by atoms with Crippen molar-refractivity contribution in [2.45, 2.75) is 19.8 Å². The van der Waals surface area contributed by atoms with Gasteiger partial charge in [-0.1, -0.05) is 18.3 Å². The zero-order chi connectivity index (χ0) is 15.2. The first kappa shape index (κ1) is 14.9. The number of hydrogen-bond donors (Lipinski definition) is 1. The van der Waals surface area contributed by atoms with Gasteiger partial charge >= 0.3 is 0 Å². The lowest BCUT2D eigenvalue weighted by Gasteiger charge is -2.07. The molecule has 2 aromatic rings. The van der Waals surface area contributed by atoms with Crippen molar-refractivity contribution in [1.82, 2.24) is 9.59 Å². The van der Waals surface area contributed by atoms with E-state index in [1.807, 2.05) is 19.9 Å². The molecule has 1 amide bonds. The number of anilines is 1. The van der Waals surface area contributed by atoms with E-state index in [1.54, 1.807) is 24.3 Å². The summed E-state index contributed by atoms with van der Waals surface area (Å²) in [6, 6.07) is 8.72. The highest BCUT2D eigenvalue weighted by Crippen LogP contribution is 2.22.